The Labute approximate surface area is 127 Å². The molecule has 4 nitrogen and oxygen atoms in total. The summed E-state index contributed by atoms with van der Waals surface area (Å²) in [6.07, 6.45) is 5.40. The van der Waals surface area contributed by atoms with Crippen LogP contribution in [0.2, 0.25) is 5.02 Å². The highest BCUT2D eigenvalue weighted by molar-refractivity contribution is 6.31. The second-order valence-electron chi connectivity index (χ2n) is 5.49. The van der Waals surface area contributed by atoms with Crippen LogP contribution in [0.15, 0.2) is 22.7 Å². The van der Waals surface area contributed by atoms with Crippen LogP contribution >= 0.6 is 11.6 Å². The normalized spacial score (nSPS) is 23.0. The molecular formula is C15H17ClFN3O. The second-order valence-corrected chi connectivity index (χ2v) is 5.90. The zero-order valence-corrected chi connectivity index (χ0v) is 12.3. The van der Waals surface area contributed by atoms with Crippen molar-refractivity contribution in [3.63, 3.8) is 0 Å². The minimum Gasteiger partial charge on any atom is -0.339 e. The molecule has 1 aliphatic carbocycles. The molecule has 0 amide bonds. The summed E-state index contributed by atoms with van der Waals surface area (Å²) in [6, 6.07) is 4.43. The van der Waals surface area contributed by atoms with E-state index < -0.39 is 5.82 Å². The molecular weight excluding hydrogens is 293 g/mol. The molecule has 1 aromatic carbocycles. The Hall–Kier alpha value is -1.46. The third kappa shape index (κ3) is 3.09. The van der Waals surface area contributed by atoms with Crippen molar-refractivity contribution in [1.82, 2.24) is 10.1 Å². The lowest BCUT2D eigenvalue weighted by Crippen LogP contribution is -2.27. The van der Waals surface area contributed by atoms with E-state index in [1.54, 1.807) is 6.07 Å². The van der Waals surface area contributed by atoms with E-state index in [0.29, 0.717) is 17.3 Å². The largest absolute Gasteiger partial charge is 0.339 e. The molecule has 2 atom stereocenters. The quantitative estimate of drug-likeness (QED) is 0.854. The van der Waals surface area contributed by atoms with E-state index in [9.17, 15) is 4.39 Å². The van der Waals surface area contributed by atoms with Gasteiger partial charge in [0.2, 0.25) is 11.7 Å². The predicted molar refractivity (Wildman–Crippen MR) is 78.5 cm³/mol. The number of nitrogens with two attached hydrogens (primary N) is 1. The summed E-state index contributed by atoms with van der Waals surface area (Å²) < 4.78 is 18.6. The van der Waals surface area contributed by atoms with Crippen LogP contribution in [-0.2, 0) is 0 Å². The van der Waals surface area contributed by atoms with Gasteiger partial charge in [0, 0.05) is 11.6 Å². The number of rotatable bonds is 2. The van der Waals surface area contributed by atoms with Gasteiger partial charge >= 0.3 is 0 Å². The van der Waals surface area contributed by atoms with Gasteiger partial charge in [-0.1, -0.05) is 36.0 Å². The van der Waals surface area contributed by atoms with Crippen molar-refractivity contribution >= 4 is 11.6 Å². The van der Waals surface area contributed by atoms with Gasteiger partial charge in [0.25, 0.3) is 0 Å². The molecule has 6 heteroatoms. The van der Waals surface area contributed by atoms with Gasteiger partial charge in [-0.05, 0) is 31.0 Å². The fourth-order valence-corrected chi connectivity index (χ4v) is 2.96. The Morgan fingerprint density at radius 1 is 1.24 bits per heavy atom. The summed E-state index contributed by atoms with van der Waals surface area (Å²) in [4.78, 5) is 4.43. The number of benzene rings is 1. The molecule has 2 N–H and O–H groups in total. The highest BCUT2D eigenvalue weighted by atomic mass is 35.5. The molecule has 1 fully saturated rings. The summed E-state index contributed by atoms with van der Waals surface area (Å²) in [5, 5.41) is 4.02. The van der Waals surface area contributed by atoms with Gasteiger partial charge in [-0.3, -0.25) is 0 Å². The standard InChI is InChI=1S/C15H17ClFN3O/c16-11-8-9(6-7-12(11)17)14-19-15(21-20-14)10-4-2-1-3-5-13(10)18/h6-8,10,13H,1-5,18H2. The molecule has 2 aromatic rings. The van der Waals surface area contributed by atoms with Gasteiger partial charge in [-0.2, -0.15) is 4.98 Å². The lowest BCUT2D eigenvalue weighted by molar-refractivity contribution is 0.326. The summed E-state index contributed by atoms with van der Waals surface area (Å²) in [6.45, 7) is 0. The van der Waals surface area contributed by atoms with Gasteiger partial charge in [-0.25, -0.2) is 4.39 Å². The van der Waals surface area contributed by atoms with Crippen LogP contribution in [0.3, 0.4) is 0 Å². The van der Waals surface area contributed by atoms with Gasteiger partial charge in [0.15, 0.2) is 0 Å². The van der Waals surface area contributed by atoms with Crippen LogP contribution in [0.5, 0.6) is 0 Å². The van der Waals surface area contributed by atoms with Crippen LogP contribution in [0.4, 0.5) is 4.39 Å². The summed E-state index contributed by atoms with van der Waals surface area (Å²) in [5.41, 5.74) is 6.84. The number of hydrogen-bond acceptors (Lipinski definition) is 4. The molecule has 2 unspecified atom stereocenters. The van der Waals surface area contributed by atoms with Crippen molar-refractivity contribution in [3.8, 4) is 11.4 Å². The molecule has 0 radical (unpaired) electrons. The van der Waals surface area contributed by atoms with E-state index in [1.807, 2.05) is 0 Å². The SMILES string of the molecule is NC1CCCCCC1c1nc(-c2ccc(F)c(Cl)c2)no1. The summed E-state index contributed by atoms with van der Waals surface area (Å²) in [7, 11) is 0. The first-order valence-corrected chi connectivity index (χ1v) is 7.57. The lowest BCUT2D eigenvalue weighted by Gasteiger charge is -2.16. The molecule has 1 aliphatic rings. The number of halogens is 2. The average Bonchev–Trinajstić information content (AvgIpc) is 2.85. The topological polar surface area (TPSA) is 64.9 Å². The van der Waals surface area contributed by atoms with E-state index in [1.165, 1.54) is 18.6 Å². The third-order valence-electron chi connectivity index (χ3n) is 4.01. The monoisotopic (exact) mass is 309 g/mol. The van der Waals surface area contributed by atoms with Gasteiger partial charge in [0.1, 0.15) is 5.82 Å². The molecule has 3 rings (SSSR count). The molecule has 1 heterocycles. The predicted octanol–water partition coefficient (Wildman–Crippen LogP) is 3.90. The van der Waals surface area contributed by atoms with Crippen molar-refractivity contribution < 1.29 is 8.91 Å². The maximum absolute atomic E-state index is 13.2. The van der Waals surface area contributed by atoms with Crippen molar-refractivity contribution in [2.45, 2.75) is 44.1 Å². The molecule has 0 bridgehead atoms. The minimum absolute atomic E-state index is 0.0463. The smallest absolute Gasteiger partial charge is 0.231 e. The fraction of sp³-hybridized carbons (Fsp3) is 0.467. The fourth-order valence-electron chi connectivity index (χ4n) is 2.78. The molecule has 0 aliphatic heterocycles. The van der Waals surface area contributed by atoms with Crippen LogP contribution in [0.1, 0.15) is 43.9 Å². The molecule has 112 valence electrons. The van der Waals surface area contributed by atoms with Crippen LogP contribution in [0, 0.1) is 5.82 Å². The third-order valence-corrected chi connectivity index (χ3v) is 4.30. The minimum atomic E-state index is -0.463. The van der Waals surface area contributed by atoms with Crippen LogP contribution in [0.25, 0.3) is 11.4 Å². The summed E-state index contributed by atoms with van der Waals surface area (Å²) in [5.74, 6) is 0.628. The van der Waals surface area contributed by atoms with E-state index >= 15 is 0 Å². The first kappa shape index (κ1) is 14.5. The van der Waals surface area contributed by atoms with Crippen molar-refractivity contribution in [2.75, 3.05) is 0 Å². The Bertz CT molecular complexity index is 631. The highest BCUT2D eigenvalue weighted by Gasteiger charge is 2.27. The zero-order chi connectivity index (χ0) is 14.8. The van der Waals surface area contributed by atoms with Crippen LogP contribution < -0.4 is 5.73 Å². The zero-order valence-electron chi connectivity index (χ0n) is 11.6. The molecule has 0 saturated heterocycles. The molecule has 1 saturated carbocycles. The average molecular weight is 310 g/mol. The van der Waals surface area contributed by atoms with Gasteiger partial charge in [-0.15, -0.1) is 0 Å². The van der Waals surface area contributed by atoms with Crippen molar-refractivity contribution in [1.29, 1.82) is 0 Å². The molecule has 21 heavy (non-hydrogen) atoms. The Balaban J connectivity index is 1.86. The first-order valence-electron chi connectivity index (χ1n) is 7.20. The number of nitrogens with zero attached hydrogens (tertiary/aromatic N) is 2. The number of aromatic nitrogens is 2. The van der Waals surface area contributed by atoms with Crippen LogP contribution in [-0.4, -0.2) is 16.2 Å². The van der Waals surface area contributed by atoms with Gasteiger partial charge < -0.3 is 10.3 Å². The maximum atomic E-state index is 13.2. The Kier molecular flexibility index (Phi) is 4.22. The molecule has 1 aromatic heterocycles. The van der Waals surface area contributed by atoms with Crippen molar-refractivity contribution in [2.24, 2.45) is 5.73 Å². The maximum Gasteiger partial charge on any atom is 0.231 e. The van der Waals surface area contributed by atoms with E-state index in [0.717, 1.165) is 25.7 Å². The van der Waals surface area contributed by atoms with E-state index in [2.05, 4.69) is 10.1 Å². The van der Waals surface area contributed by atoms with Crippen molar-refractivity contribution in [3.05, 3.63) is 34.9 Å². The molecule has 0 spiro atoms. The van der Waals surface area contributed by atoms with E-state index in [-0.39, 0.29) is 17.0 Å². The highest BCUT2D eigenvalue weighted by Crippen LogP contribution is 2.31. The van der Waals surface area contributed by atoms with Gasteiger partial charge in [0.05, 0.1) is 10.9 Å². The second kappa shape index (κ2) is 6.12. The van der Waals surface area contributed by atoms with E-state index in [4.69, 9.17) is 21.9 Å². The number of hydrogen-bond donors (Lipinski definition) is 1. The lowest BCUT2D eigenvalue weighted by atomic mass is 9.95. The Morgan fingerprint density at radius 3 is 2.86 bits per heavy atom. The first-order chi connectivity index (χ1) is 10.1. The summed E-state index contributed by atoms with van der Waals surface area (Å²) >= 11 is 5.78. The Morgan fingerprint density at radius 2 is 2.05 bits per heavy atom.